The molecule has 0 aromatic rings. The van der Waals surface area contributed by atoms with Crippen LogP contribution in [0.1, 0.15) is 26.7 Å². The number of hydrogen-bond donors (Lipinski definition) is 3. The average molecular weight is 225 g/mol. The third-order valence-electron chi connectivity index (χ3n) is 4.25. The van der Waals surface area contributed by atoms with Crippen LogP contribution in [0.3, 0.4) is 0 Å². The minimum absolute atomic E-state index is 0.0233. The molecule has 0 saturated heterocycles. The van der Waals surface area contributed by atoms with Gasteiger partial charge in [0.05, 0.1) is 18.8 Å². The molecule has 1 fully saturated rings. The van der Waals surface area contributed by atoms with Crippen molar-refractivity contribution in [3.05, 3.63) is 12.2 Å². The number of hydrogen-bond acceptors (Lipinski definition) is 3. The van der Waals surface area contributed by atoms with Crippen LogP contribution in [-0.4, -0.2) is 35.0 Å². The molecule has 3 heteroatoms. The highest BCUT2D eigenvalue weighted by atomic mass is 16.3. The molecule has 0 heterocycles. The number of rotatable bonds is 5. The Morgan fingerprint density at radius 1 is 1.31 bits per heavy atom. The highest BCUT2D eigenvalue weighted by molar-refractivity contribution is 5.12. The van der Waals surface area contributed by atoms with Gasteiger partial charge in [0.25, 0.3) is 0 Å². The highest BCUT2D eigenvalue weighted by Gasteiger charge is 2.40. The first kappa shape index (κ1) is 12.1. The molecule has 0 aliphatic heterocycles. The van der Waals surface area contributed by atoms with E-state index in [1.165, 1.54) is 12.8 Å². The van der Waals surface area contributed by atoms with Gasteiger partial charge in [-0.25, -0.2) is 0 Å². The summed E-state index contributed by atoms with van der Waals surface area (Å²) in [5.41, 5.74) is -0.551. The summed E-state index contributed by atoms with van der Waals surface area (Å²) in [6, 6.07) is 0.351. The summed E-state index contributed by atoms with van der Waals surface area (Å²) in [6.07, 6.45) is 7.23. The number of aliphatic hydroxyl groups excluding tert-OH is 2. The lowest BCUT2D eigenvalue weighted by molar-refractivity contribution is 0.0853. The van der Waals surface area contributed by atoms with E-state index in [0.29, 0.717) is 17.9 Å². The number of aliphatic hydroxyl groups is 2. The molecule has 2 bridgehead atoms. The summed E-state index contributed by atoms with van der Waals surface area (Å²) in [5, 5.41) is 21.9. The second-order valence-corrected chi connectivity index (χ2v) is 5.75. The van der Waals surface area contributed by atoms with E-state index in [2.05, 4.69) is 24.4 Å². The molecule has 2 aliphatic carbocycles. The van der Waals surface area contributed by atoms with E-state index in [1.54, 1.807) is 0 Å². The topological polar surface area (TPSA) is 52.5 Å². The molecule has 0 aromatic heterocycles. The fourth-order valence-electron chi connectivity index (χ4n) is 3.20. The van der Waals surface area contributed by atoms with Gasteiger partial charge in [0.1, 0.15) is 0 Å². The normalized spacial score (nSPS) is 34.6. The maximum Gasteiger partial charge on any atom is 0.0633 e. The summed E-state index contributed by atoms with van der Waals surface area (Å²) < 4.78 is 0. The van der Waals surface area contributed by atoms with Crippen LogP contribution in [0.25, 0.3) is 0 Å². The van der Waals surface area contributed by atoms with E-state index in [4.69, 9.17) is 0 Å². The van der Waals surface area contributed by atoms with Gasteiger partial charge in [0.15, 0.2) is 0 Å². The summed E-state index contributed by atoms with van der Waals surface area (Å²) in [7, 11) is 0. The van der Waals surface area contributed by atoms with Crippen LogP contribution < -0.4 is 5.32 Å². The predicted octanol–water partition coefficient (Wildman–Crippen LogP) is 0.920. The number of nitrogens with one attached hydrogen (secondary N) is 1. The Morgan fingerprint density at radius 3 is 2.44 bits per heavy atom. The van der Waals surface area contributed by atoms with Crippen molar-refractivity contribution in [2.45, 2.75) is 38.3 Å². The smallest absolute Gasteiger partial charge is 0.0633 e. The Hall–Kier alpha value is -0.380. The molecule has 92 valence electrons. The predicted molar refractivity (Wildman–Crippen MR) is 64.0 cm³/mol. The molecular weight excluding hydrogens is 202 g/mol. The van der Waals surface area contributed by atoms with Gasteiger partial charge in [-0.3, -0.25) is 0 Å². The second-order valence-electron chi connectivity index (χ2n) is 5.75. The van der Waals surface area contributed by atoms with Gasteiger partial charge in [-0.2, -0.15) is 0 Å². The van der Waals surface area contributed by atoms with Gasteiger partial charge in [-0.05, 0) is 44.4 Å². The first-order valence-corrected chi connectivity index (χ1v) is 6.26. The lowest BCUT2D eigenvalue weighted by Crippen LogP contribution is -2.55. The lowest BCUT2D eigenvalue weighted by Gasteiger charge is -2.35. The van der Waals surface area contributed by atoms with Gasteiger partial charge in [0, 0.05) is 6.04 Å². The quantitative estimate of drug-likeness (QED) is 0.610. The molecular formula is C13H23NO2. The Morgan fingerprint density at radius 2 is 2.00 bits per heavy atom. The van der Waals surface area contributed by atoms with Crippen LogP contribution in [0, 0.1) is 17.8 Å². The standard InChI is InChI=1S/C13H23NO2/c1-9(14-13(2,7-15)8-16)12-6-10-3-4-11(12)5-10/h3-4,9-12,14-16H,5-8H2,1-2H3. The SMILES string of the molecule is CC(NC(C)(CO)CO)C1CC2C=CC1C2. The fraction of sp³-hybridized carbons (Fsp3) is 0.846. The molecule has 0 aromatic carbocycles. The van der Waals surface area contributed by atoms with E-state index < -0.39 is 5.54 Å². The van der Waals surface area contributed by atoms with Crippen molar-refractivity contribution >= 4 is 0 Å². The van der Waals surface area contributed by atoms with Crippen LogP contribution in [0.5, 0.6) is 0 Å². The molecule has 3 nitrogen and oxygen atoms in total. The zero-order valence-electron chi connectivity index (χ0n) is 10.2. The Kier molecular flexibility index (Phi) is 3.38. The van der Waals surface area contributed by atoms with E-state index >= 15 is 0 Å². The molecule has 0 radical (unpaired) electrons. The maximum absolute atomic E-state index is 9.27. The van der Waals surface area contributed by atoms with Gasteiger partial charge in [-0.1, -0.05) is 12.2 Å². The van der Waals surface area contributed by atoms with Gasteiger partial charge in [0.2, 0.25) is 0 Å². The monoisotopic (exact) mass is 225 g/mol. The first-order valence-electron chi connectivity index (χ1n) is 6.26. The zero-order chi connectivity index (χ0) is 11.8. The molecule has 4 atom stereocenters. The third-order valence-corrected chi connectivity index (χ3v) is 4.25. The van der Waals surface area contributed by atoms with Gasteiger partial charge >= 0.3 is 0 Å². The van der Waals surface area contributed by atoms with Crippen molar-refractivity contribution in [1.29, 1.82) is 0 Å². The molecule has 2 aliphatic rings. The van der Waals surface area contributed by atoms with E-state index in [0.717, 1.165) is 5.92 Å². The molecule has 1 saturated carbocycles. The van der Waals surface area contributed by atoms with Crippen LogP contribution in [0.2, 0.25) is 0 Å². The lowest BCUT2D eigenvalue weighted by atomic mass is 9.86. The van der Waals surface area contributed by atoms with Crippen LogP contribution in [0.4, 0.5) is 0 Å². The van der Waals surface area contributed by atoms with Gasteiger partial charge in [-0.15, -0.1) is 0 Å². The number of allylic oxidation sites excluding steroid dienone is 2. The summed E-state index contributed by atoms with van der Waals surface area (Å²) in [5.74, 6) is 2.13. The average Bonchev–Trinajstić information content (AvgIpc) is 2.90. The van der Waals surface area contributed by atoms with E-state index in [-0.39, 0.29) is 13.2 Å². The van der Waals surface area contributed by atoms with Crippen molar-refractivity contribution < 1.29 is 10.2 Å². The van der Waals surface area contributed by atoms with Crippen LogP contribution >= 0.6 is 0 Å². The molecule has 0 amide bonds. The van der Waals surface area contributed by atoms with Crippen molar-refractivity contribution in [3.8, 4) is 0 Å². The summed E-state index contributed by atoms with van der Waals surface area (Å²) >= 11 is 0. The Labute approximate surface area is 97.6 Å². The highest BCUT2D eigenvalue weighted by Crippen LogP contribution is 2.45. The number of fused-ring (bicyclic) bond motifs is 2. The molecule has 16 heavy (non-hydrogen) atoms. The molecule has 4 unspecified atom stereocenters. The van der Waals surface area contributed by atoms with Crippen LogP contribution in [0.15, 0.2) is 12.2 Å². The molecule has 0 spiro atoms. The van der Waals surface area contributed by atoms with E-state index in [9.17, 15) is 10.2 Å². The summed E-state index contributed by atoms with van der Waals surface area (Å²) in [4.78, 5) is 0. The van der Waals surface area contributed by atoms with Crippen molar-refractivity contribution in [2.75, 3.05) is 13.2 Å². The molecule has 2 rings (SSSR count). The summed E-state index contributed by atoms with van der Waals surface area (Å²) in [6.45, 7) is 3.99. The first-order chi connectivity index (χ1) is 7.58. The Bertz CT molecular complexity index is 273. The van der Waals surface area contributed by atoms with Crippen molar-refractivity contribution in [2.24, 2.45) is 17.8 Å². The van der Waals surface area contributed by atoms with Crippen LogP contribution in [-0.2, 0) is 0 Å². The minimum atomic E-state index is -0.551. The minimum Gasteiger partial charge on any atom is -0.394 e. The van der Waals surface area contributed by atoms with E-state index in [1.807, 2.05) is 6.92 Å². The second kappa shape index (κ2) is 4.47. The third kappa shape index (κ3) is 2.17. The van der Waals surface area contributed by atoms with Gasteiger partial charge < -0.3 is 15.5 Å². The Balaban J connectivity index is 1.93. The zero-order valence-corrected chi connectivity index (χ0v) is 10.2. The van der Waals surface area contributed by atoms with Crippen molar-refractivity contribution in [3.63, 3.8) is 0 Å². The fourth-order valence-corrected chi connectivity index (χ4v) is 3.20. The largest absolute Gasteiger partial charge is 0.394 e. The van der Waals surface area contributed by atoms with Crippen molar-refractivity contribution in [1.82, 2.24) is 5.32 Å². The maximum atomic E-state index is 9.27. The molecule has 3 N–H and O–H groups in total.